The molecule has 0 amide bonds. The maximum absolute atomic E-state index is 3.96. The van der Waals surface area contributed by atoms with Crippen LogP contribution in [0.1, 0.15) is 19.8 Å². The van der Waals surface area contributed by atoms with E-state index in [9.17, 15) is 0 Å². The van der Waals surface area contributed by atoms with Gasteiger partial charge in [0.25, 0.3) is 0 Å². The molecule has 0 fully saturated rings. The van der Waals surface area contributed by atoms with Gasteiger partial charge >= 0.3 is 0 Å². The quantitative estimate of drug-likeness (QED) is 0.565. The van der Waals surface area contributed by atoms with Gasteiger partial charge in [0.15, 0.2) is 0 Å². The zero-order chi connectivity index (χ0) is 9.40. The number of hydrogen-bond acceptors (Lipinski definition) is 2. The molecule has 1 unspecified atom stereocenters. The van der Waals surface area contributed by atoms with Crippen LogP contribution >= 0.6 is 0 Å². The molecule has 0 saturated heterocycles. The summed E-state index contributed by atoms with van der Waals surface area (Å²) in [6.07, 6.45) is 4.02. The Morgan fingerprint density at radius 2 is 2.25 bits per heavy atom. The van der Waals surface area contributed by atoms with E-state index in [0.717, 1.165) is 25.1 Å². The Hall–Kier alpha value is -0.760. The molecule has 0 aromatic heterocycles. The van der Waals surface area contributed by atoms with E-state index in [1.165, 1.54) is 0 Å². The fourth-order valence-corrected chi connectivity index (χ4v) is 1.13. The maximum Gasteiger partial charge on any atom is 0.0463 e. The maximum atomic E-state index is 3.96. The number of hydrogen-bond donors (Lipinski definition) is 2. The summed E-state index contributed by atoms with van der Waals surface area (Å²) < 4.78 is 0. The Bertz CT molecular complexity index is 141. The van der Waals surface area contributed by atoms with Crippen molar-refractivity contribution in [1.82, 2.24) is 10.6 Å². The van der Waals surface area contributed by atoms with Crippen LogP contribution in [0.25, 0.3) is 0 Å². The molecular formula is C10H20N2. The SMILES string of the molecule is C=CCCC(NC)C(=C)NCC. The molecule has 70 valence electrons. The molecule has 0 aromatic carbocycles. The third-order valence-electron chi connectivity index (χ3n) is 1.83. The van der Waals surface area contributed by atoms with E-state index in [2.05, 4.69) is 30.7 Å². The van der Waals surface area contributed by atoms with Crippen molar-refractivity contribution in [3.05, 3.63) is 24.9 Å². The fraction of sp³-hybridized carbons (Fsp3) is 0.600. The van der Waals surface area contributed by atoms with Gasteiger partial charge in [0.2, 0.25) is 0 Å². The molecule has 0 saturated carbocycles. The van der Waals surface area contributed by atoms with Crippen molar-refractivity contribution >= 4 is 0 Å². The van der Waals surface area contributed by atoms with E-state index < -0.39 is 0 Å². The second kappa shape index (κ2) is 6.92. The number of likely N-dealkylation sites (N-methyl/N-ethyl adjacent to an activating group) is 2. The summed E-state index contributed by atoms with van der Waals surface area (Å²) in [7, 11) is 1.95. The minimum atomic E-state index is 0.364. The molecule has 2 nitrogen and oxygen atoms in total. The molecule has 2 N–H and O–H groups in total. The monoisotopic (exact) mass is 168 g/mol. The van der Waals surface area contributed by atoms with Crippen molar-refractivity contribution in [3.8, 4) is 0 Å². The molecule has 0 spiro atoms. The Kier molecular flexibility index (Phi) is 6.48. The summed E-state index contributed by atoms with van der Waals surface area (Å²) in [5, 5.41) is 6.43. The molecule has 0 aromatic rings. The lowest BCUT2D eigenvalue weighted by molar-refractivity contribution is 0.558. The van der Waals surface area contributed by atoms with Gasteiger partial charge < -0.3 is 10.6 Å². The van der Waals surface area contributed by atoms with Crippen LogP contribution in [0.4, 0.5) is 0 Å². The van der Waals surface area contributed by atoms with Crippen LogP contribution < -0.4 is 10.6 Å². The van der Waals surface area contributed by atoms with Crippen LogP contribution in [0.5, 0.6) is 0 Å². The van der Waals surface area contributed by atoms with Crippen molar-refractivity contribution in [2.45, 2.75) is 25.8 Å². The minimum Gasteiger partial charge on any atom is -0.388 e. The van der Waals surface area contributed by atoms with Crippen molar-refractivity contribution in [2.75, 3.05) is 13.6 Å². The van der Waals surface area contributed by atoms with Gasteiger partial charge in [-0.2, -0.15) is 0 Å². The standard InChI is InChI=1S/C10H20N2/c1-5-7-8-10(11-4)9(3)12-6-2/h5,10-12H,1,3,6-8H2,2,4H3. The van der Waals surface area contributed by atoms with Gasteiger partial charge in [0, 0.05) is 18.3 Å². The molecule has 12 heavy (non-hydrogen) atoms. The second-order valence-corrected chi connectivity index (χ2v) is 2.76. The Labute approximate surface area is 75.7 Å². The fourth-order valence-electron chi connectivity index (χ4n) is 1.13. The number of allylic oxidation sites excluding steroid dienone is 1. The summed E-state index contributed by atoms with van der Waals surface area (Å²) in [4.78, 5) is 0. The van der Waals surface area contributed by atoms with Crippen molar-refractivity contribution < 1.29 is 0 Å². The van der Waals surface area contributed by atoms with E-state index in [1.807, 2.05) is 13.1 Å². The van der Waals surface area contributed by atoms with Crippen LogP contribution in [0.3, 0.4) is 0 Å². The van der Waals surface area contributed by atoms with Crippen LogP contribution in [0, 0.1) is 0 Å². The number of rotatable bonds is 7. The van der Waals surface area contributed by atoms with Crippen molar-refractivity contribution in [1.29, 1.82) is 0 Å². The lowest BCUT2D eigenvalue weighted by atomic mass is 10.1. The molecular weight excluding hydrogens is 148 g/mol. The third-order valence-corrected chi connectivity index (χ3v) is 1.83. The molecule has 1 atom stereocenters. The summed E-state index contributed by atoms with van der Waals surface area (Å²) in [5.74, 6) is 0. The van der Waals surface area contributed by atoms with Gasteiger partial charge in [-0.25, -0.2) is 0 Å². The van der Waals surface area contributed by atoms with Gasteiger partial charge in [0.1, 0.15) is 0 Å². The normalized spacial score (nSPS) is 12.2. The Morgan fingerprint density at radius 1 is 1.58 bits per heavy atom. The van der Waals surface area contributed by atoms with E-state index in [1.54, 1.807) is 0 Å². The minimum absolute atomic E-state index is 0.364. The molecule has 0 rings (SSSR count). The first-order chi connectivity index (χ1) is 5.76. The summed E-state index contributed by atoms with van der Waals surface area (Å²) in [6, 6.07) is 0.364. The molecule has 0 aliphatic heterocycles. The van der Waals surface area contributed by atoms with Gasteiger partial charge in [0.05, 0.1) is 0 Å². The lowest BCUT2D eigenvalue weighted by Gasteiger charge is -2.18. The highest BCUT2D eigenvalue weighted by molar-refractivity contribution is 5.02. The van der Waals surface area contributed by atoms with E-state index >= 15 is 0 Å². The molecule has 0 bridgehead atoms. The first-order valence-electron chi connectivity index (χ1n) is 4.47. The van der Waals surface area contributed by atoms with Crippen LogP contribution in [0.15, 0.2) is 24.9 Å². The van der Waals surface area contributed by atoms with Crippen molar-refractivity contribution in [3.63, 3.8) is 0 Å². The highest BCUT2D eigenvalue weighted by atomic mass is 15.0. The molecule has 2 heteroatoms. The summed E-state index contributed by atoms with van der Waals surface area (Å²) in [6.45, 7) is 10.7. The van der Waals surface area contributed by atoms with Gasteiger partial charge in [-0.05, 0) is 26.8 Å². The van der Waals surface area contributed by atoms with Gasteiger partial charge in [-0.1, -0.05) is 12.7 Å². The average Bonchev–Trinajstić information content (AvgIpc) is 2.06. The van der Waals surface area contributed by atoms with Crippen LogP contribution in [-0.4, -0.2) is 19.6 Å². The van der Waals surface area contributed by atoms with Gasteiger partial charge in [-0.3, -0.25) is 0 Å². The molecule has 0 aliphatic carbocycles. The van der Waals surface area contributed by atoms with Gasteiger partial charge in [-0.15, -0.1) is 6.58 Å². The van der Waals surface area contributed by atoms with Crippen LogP contribution in [0.2, 0.25) is 0 Å². The Balaban J connectivity index is 3.78. The van der Waals surface area contributed by atoms with E-state index in [-0.39, 0.29) is 0 Å². The predicted octanol–water partition coefficient (Wildman–Crippen LogP) is 1.66. The highest BCUT2D eigenvalue weighted by Gasteiger charge is 2.07. The molecule has 0 heterocycles. The van der Waals surface area contributed by atoms with Crippen molar-refractivity contribution in [2.24, 2.45) is 0 Å². The Morgan fingerprint density at radius 3 is 2.67 bits per heavy atom. The first-order valence-corrected chi connectivity index (χ1v) is 4.47. The second-order valence-electron chi connectivity index (χ2n) is 2.76. The smallest absolute Gasteiger partial charge is 0.0463 e. The zero-order valence-corrected chi connectivity index (χ0v) is 8.19. The summed E-state index contributed by atoms with van der Waals surface area (Å²) >= 11 is 0. The molecule has 0 aliphatic rings. The topological polar surface area (TPSA) is 24.1 Å². The van der Waals surface area contributed by atoms with E-state index in [0.29, 0.717) is 6.04 Å². The van der Waals surface area contributed by atoms with E-state index in [4.69, 9.17) is 0 Å². The largest absolute Gasteiger partial charge is 0.388 e. The zero-order valence-electron chi connectivity index (χ0n) is 8.19. The average molecular weight is 168 g/mol. The van der Waals surface area contributed by atoms with Crippen LogP contribution in [-0.2, 0) is 0 Å². The lowest BCUT2D eigenvalue weighted by Crippen LogP contribution is -2.33. The number of nitrogens with one attached hydrogen (secondary N) is 2. The first kappa shape index (κ1) is 11.2. The highest BCUT2D eigenvalue weighted by Crippen LogP contribution is 2.03. The third kappa shape index (κ3) is 4.19. The predicted molar refractivity (Wildman–Crippen MR) is 55.1 cm³/mol. The molecule has 0 radical (unpaired) electrons. The summed E-state index contributed by atoms with van der Waals surface area (Å²) in [5.41, 5.74) is 1.07.